The van der Waals surface area contributed by atoms with Crippen molar-refractivity contribution in [2.45, 2.75) is 64.2 Å². The topological polar surface area (TPSA) is 319 Å². The van der Waals surface area contributed by atoms with Crippen LogP contribution in [0.15, 0.2) is 54.3 Å². The van der Waals surface area contributed by atoms with Gasteiger partial charge < -0.3 is 20.6 Å². The second-order valence-corrected chi connectivity index (χ2v) is 22.1. The number of fused-ring (bicyclic) bond motifs is 2. The lowest BCUT2D eigenvalue weighted by molar-refractivity contribution is -0.437. The minimum Gasteiger partial charge on any atom is -0.478 e. The number of aromatic carboxylic acids is 1. The summed E-state index contributed by atoms with van der Waals surface area (Å²) in [5.74, 6) is -5.58. The van der Waals surface area contributed by atoms with E-state index < -0.39 is 105 Å². The minimum atomic E-state index is -4.48. The number of carbonyl (C=O) groups is 3. The van der Waals surface area contributed by atoms with Crippen molar-refractivity contribution in [1.29, 1.82) is 0 Å². The SMILES string of the molecule is CC1(C)C(/C=C/CC/C=C2/N(CCCS(=O)(=O)O)c3ccc(C(=O)O)cc3C2(C)C)=[N+](CCCS(=O)(=O)O)c2cc(C(=O)NCCS(=O)(=O)O)cc(C(=O)NCCS(=O)(=O)O)c21. The normalized spacial score (nSPS) is 16.8. The van der Waals surface area contributed by atoms with Gasteiger partial charge in [0.1, 0.15) is 6.54 Å². The van der Waals surface area contributed by atoms with Gasteiger partial charge in [-0.2, -0.15) is 38.2 Å². The third kappa shape index (κ3) is 13.0. The molecule has 20 nitrogen and oxygen atoms in total. The van der Waals surface area contributed by atoms with E-state index >= 15 is 0 Å². The Hall–Kier alpha value is -4.56. The maximum atomic E-state index is 13.7. The molecule has 62 heavy (non-hydrogen) atoms. The second-order valence-electron chi connectivity index (χ2n) is 15.8. The largest absolute Gasteiger partial charge is 0.478 e. The number of nitrogens with one attached hydrogen (secondary N) is 2. The highest BCUT2D eigenvalue weighted by atomic mass is 32.2. The van der Waals surface area contributed by atoms with Crippen LogP contribution in [0.5, 0.6) is 0 Å². The molecule has 2 aliphatic heterocycles. The van der Waals surface area contributed by atoms with E-state index in [2.05, 4.69) is 10.6 Å². The van der Waals surface area contributed by atoms with Crippen molar-refractivity contribution in [3.8, 4) is 0 Å². The van der Waals surface area contributed by atoms with Gasteiger partial charge in [-0.15, -0.1) is 0 Å². The average molecular weight is 948 g/mol. The van der Waals surface area contributed by atoms with Gasteiger partial charge in [0.2, 0.25) is 5.69 Å². The Labute approximate surface area is 360 Å². The Morgan fingerprint density at radius 2 is 1.27 bits per heavy atom. The first kappa shape index (κ1) is 50.1. The number of amides is 2. The number of anilines is 1. The summed E-state index contributed by atoms with van der Waals surface area (Å²) in [5, 5.41) is 14.4. The maximum absolute atomic E-state index is 13.7. The molecule has 0 radical (unpaired) electrons. The number of hydrogen-bond donors (Lipinski definition) is 7. The molecule has 342 valence electrons. The van der Waals surface area contributed by atoms with Crippen LogP contribution in [0.4, 0.5) is 11.4 Å². The molecule has 0 fully saturated rings. The first-order chi connectivity index (χ1) is 28.4. The fourth-order valence-corrected chi connectivity index (χ4v) is 9.37. The van der Waals surface area contributed by atoms with Crippen LogP contribution in [0.1, 0.15) is 95.6 Å². The van der Waals surface area contributed by atoms with Crippen LogP contribution in [0, 0.1) is 0 Å². The molecular weight excluding hydrogens is 897 g/mol. The van der Waals surface area contributed by atoms with E-state index in [9.17, 15) is 66.8 Å². The number of rotatable bonds is 21. The van der Waals surface area contributed by atoms with Crippen LogP contribution >= 0.6 is 0 Å². The summed E-state index contributed by atoms with van der Waals surface area (Å²) in [6.45, 7) is 6.44. The molecule has 0 bridgehead atoms. The Balaban J connectivity index is 1.76. The summed E-state index contributed by atoms with van der Waals surface area (Å²) in [6.07, 6.45) is 6.23. The highest BCUT2D eigenvalue weighted by Gasteiger charge is 2.48. The number of carboxylic acids is 1. The molecule has 2 amide bonds. The van der Waals surface area contributed by atoms with E-state index in [0.717, 1.165) is 5.70 Å². The van der Waals surface area contributed by atoms with Gasteiger partial charge in [0, 0.05) is 60.6 Å². The molecule has 0 saturated heterocycles. The monoisotopic (exact) mass is 947 g/mol. The highest BCUT2D eigenvalue weighted by Crippen LogP contribution is 2.48. The van der Waals surface area contributed by atoms with Crippen molar-refractivity contribution in [2.24, 2.45) is 0 Å². The average Bonchev–Trinajstić information content (AvgIpc) is 3.46. The lowest BCUT2D eigenvalue weighted by atomic mass is 9.78. The van der Waals surface area contributed by atoms with Gasteiger partial charge in [-0.25, -0.2) is 4.79 Å². The highest BCUT2D eigenvalue weighted by molar-refractivity contribution is 7.86. The molecule has 0 atom stereocenters. The summed E-state index contributed by atoms with van der Waals surface area (Å²) in [5.41, 5.74) is 1.32. The van der Waals surface area contributed by atoms with Gasteiger partial charge in [0.25, 0.3) is 52.3 Å². The molecule has 0 aliphatic carbocycles. The summed E-state index contributed by atoms with van der Waals surface area (Å²) in [6, 6.07) is 7.29. The van der Waals surface area contributed by atoms with E-state index in [1.807, 2.05) is 30.9 Å². The van der Waals surface area contributed by atoms with Gasteiger partial charge >= 0.3 is 5.97 Å². The molecule has 24 heteroatoms. The summed E-state index contributed by atoms with van der Waals surface area (Å²) in [4.78, 5) is 40.8. The van der Waals surface area contributed by atoms with Gasteiger partial charge in [-0.1, -0.05) is 26.0 Å². The van der Waals surface area contributed by atoms with Crippen molar-refractivity contribution in [2.75, 3.05) is 54.1 Å². The quantitative estimate of drug-likeness (QED) is 0.0537. The lowest BCUT2D eigenvalue weighted by Crippen LogP contribution is -2.34. The maximum Gasteiger partial charge on any atom is 0.335 e. The zero-order valence-electron chi connectivity index (χ0n) is 34.4. The smallest absolute Gasteiger partial charge is 0.335 e. The number of unbranched alkanes of at least 4 members (excludes halogenated alkanes) is 1. The third-order valence-corrected chi connectivity index (χ3v) is 13.5. The molecule has 7 N–H and O–H groups in total. The number of carboxylic acid groups (broad SMARTS) is 1. The number of hydrogen-bond acceptors (Lipinski definition) is 12. The predicted molar refractivity (Wildman–Crippen MR) is 229 cm³/mol. The first-order valence-corrected chi connectivity index (χ1v) is 25.6. The molecule has 2 aromatic carbocycles. The van der Waals surface area contributed by atoms with Crippen LogP contribution in [-0.2, 0) is 51.3 Å². The molecule has 0 aromatic heterocycles. The lowest BCUT2D eigenvalue weighted by Gasteiger charge is -2.27. The van der Waals surface area contributed by atoms with Crippen molar-refractivity contribution in [3.63, 3.8) is 0 Å². The van der Waals surface area contributed by atoms with Crippen LogP contribution in [0.25, 0.3) is 0 Å². The molecule has 2 aromatic rings. The molecule has 4 rings (SSSR count). The molecule has 0 spiro atoms. The summed E-state index contributed by atoms with van der Waals surface area (Å²) >= 11 is 0. The van der Waals surface area contributed by atoms with E-state index in [1.54, 1.807) is 36.6 Å². The molecular formula is C38H51N4O16S4+. The van der Waals surface area contributed by atoms with E-state index in [-0.39, 0.29) is 48.3 Å². The summed E-state index contributed by atoms with van der Waals surface area (Å²) < 4.78 is 131. The Kier molecular flexibility index (Phi) is 15.4. The zero-order valence-corrected chi connectivity index (χ0v) is 37.6. The van der Waals surface area contributed by atoms with E-state index in [4.69, 9.17) is 4.55 Å². The van der Waals surface area contributed by atoms with Gasteiger partial charge in [0.05, 0.1) is 45.1 Å². The zero-order chi connectivity index (χ0) is 46.6. The number of nitrogens with zero attached hydrogens (tertiary/aromatic N) is 2. The Morgan fingerprint density at radius 1 is 0.710 bits per heavy atom. The van der Waals surface area contributed by atoms with E-state index in [1.165, 1.54) is 18.2 Å². The van der Waals surface area contributed by atoms with Crippen LogP contribution in [-0.4, -0.2) is 134 Å². The molecule has 0 unspecified atom stereocenters. The Morgan fingerprint density at radius 3 is 1.84 bits per heavy atom. The van der Waals surface area contributed by atoms with Gasteiger partial charge in [-0.3, -0.25) is 27.8 Å². The molecule has 2 aliphatic rings. The standard InChI is InChI=1S/C38H50N4O16S4/c1-37(2)28-23-25(36(45)46)12-13-29(28)41(16-8-18-59(47,48)49)31(37)10-6-5-7-11-32-38(3,4)33-27(35(44)40-15-21-62(56,57)58)22-26(34(43)39-14-20-61(53,54)55)24-30(33)42(32)17-9-19-60(50,51)52/h7,10-13,22-24H,5-6,8-9,14-21H2,1-4H3,(H6-,39,40,43,44,45,46,47,48,49,50,51,52,53,54,55,56,57,58)/p+1/b11-7+,31-10+. The van der Waals surface area contributed by atoms with E-state index in [0.29, 0.717) is 35.4 Å². The van der Waals surface area contributed by atoms with Gasteiger partial charge in [-0.05, 0) is 62.9 Å². The minimum absolute atomic E-state index is 0.0547. The van der Waals surface area contributed by atoms with Crippen molar-refractivity contribution in [1.82, 2.24) is 10.6 Å². The fourth-order valence-electron chi connectivity index (χ4n) is 7.66. The number of benzene rings is 2. The van der Waals surface area contributed by atoms with Gasteiger partial charge in [0.15, 0.2) is 5.71 Å². The Bertz CT molecular complexity index is 2670. The predicted octanol–water partition coefficient (Wildman–Crippen LogP) is 2.57. The summed E-state index contributed by atoms with van der Waals surface area (Å²) in [7, 11) is -17.6. The molecule has 2 heterocycles. The third-order valence-electron chi connectivity index (χ3n) is 10.4. The van der Waals surface area contributed by atoms with Crippen molar-refractivity contribution in [3.05, 3.63) is 82.1 Å². The molecule has 0 saturated carbocycles. The first-order valence-electron chi connectivity index (χ1n) is 19.2. The van der Waals surface area contributed by atoms with Crippen molar-refractivity contribution >= 4 is 75.3 Å². The van der Waals surface area contributed by atoms with Crippen molar-refractivity contribution < 1.29 is 75.9 Å². The van der Waals surface area contributed by atoms with Crippen LogP contribution < -0.4 is 15.5 Å². The van der Waals surface area contributed by atoms with Crippen LogP contribution in [0.3, 0.4) is 0 Å². The second kappa shape index (κ2) is 19.0. The van der Waals surface area contributed by atoms with Crippen LogP contribution in [0.2, 0.25) is 0 Å². The number of allylic oxidation sites excluding steroid dienone is 4. The number of carbonyl (C=O) groups excluding carboxylic acids is 2. The fraction of sp³-hybridized carbons (Fsp3) is 0.474.